The van der Waals surface area contributed by atoms with Crippen LogP contribution >= 0.6 is 24.0 Å². The Morgan fingerprint density at radius 2 is 1.86 bits per heavy atom. The van der Waals surface area contributed by atoms with Gasteiger partial charge in [0.2, 0.25) is 0 Å². The molecule has 0 aliphatic rings. The molecule has 0 saturated carbocycles. The fraction of sp³-hybridized carbons (Fsp3) is 0.524. The Labute approximate surface area is 191 Å². The summed E-state index contributed by atoms with van der Waals surface area (Å²) in [6.45, 7) is 10.3. The third-order valence-corrected chi connectivity index (χ3v) is 4.59. The van der Waals surface area contributed by atoms with Crippen molar-refractivity contribution in [3.8, 4) is 11.5 Å². The molecule has 2 rings (SSSR count). The lowest BCUT2D eigenvalue weighted by Gasteiger charge is -2.18. The number of aliphatic imine (C=N–C) groups is 1. The Morgan fingerprint density at radius 1 is 1.21 bits per heavy atom. The van der Waals surface area contributed by atoms with Gasteiger partial charge in [0.25, 0.3) is 0 Å². The maximum Gasteiger partial charge on any atom is 0.191 e. The molecule has 0 aliphatic carbocycles. The number of nitrogens with zero attached hydrogens (tertiary/aromatic N) is 3. The smallest absolute Gasteiger partial charge is 0.191 e. The van der Waals surface area contributed by atoms with E-state index in [9.17, 15) is 0 Å². The maximum absolute atomic E-state index is 5.74. The number of nitrogens with one attached hydrogen (secondary N) is 2. The lowest BCUT2D eigenvalue weighted by atomic mass is 10.1. The van der Waals surface area contributed by atoms with Gasteiger partial charge in [0.15, 0.2) is 5.96 Å². The van der Waals surface area contributed by atoms with Gasteiger partial charge in [-0.05, 0) is 63.9 Å². The van der Waals surface area contributed by atoms with E-state index in [2.05, 4.69) is 48.4 Å². The molecule has 0 radical (unpaired) electrons. The molecule has 162 valence electrons. The number of ether oxygens (including phenoxy) is 2. The van der Waals surface area contributed by atoms with Crippen LogP contribution in [0.5, 0.6) is 11.5 Å². The Morgan fingerprint density at radius 3 is 2.41 bits per heavy atom. The van der Waals surface area contributed by atoms with Crippen LogP contribution in [0.25, 0.3) is 0 Å². The molecule has 8 heteroatoms. The molecule has 2 aromatic rings. The lowest BCUT2D eigenvalue weighted by Crippen LogP contribution is -2.43. The zero-order chi connectivity index (χ0) is 20.5. The molecule has 1 aromatic carbocycles. The zero-order valence-electron chi connectivity index (χ0n) is 18.3. The van der Waals surface area contributed by atoms with E-state index in [1.54, 1.807) is 7.11 Å². The van der Waals surface area contributed by atoms with Gasteiger partial charge in [-0.25, -0.2) is 4.99 Å². The van der Waals surface area contributed by atoms with Crippen molar-refractivity contribution in [2.45, 2.75) is 40.2 Å². The first-order valence-corrected chi connectivity index (χ1v) is 9.75. The van der Waals surface area contributed by atoms with E-state index in [0.29, 0.717) is 13.2 Å². The van der Waals surface area contributed by atoms with E-state index in [4.69, 9.17) is 9.47 Å². The van der Waals surface area contributed by atoms with Gasteiger partial charge in [0, 0.05) is 25.3 Å². The van der Waals surface area contributed by atoms with E-state index in [0.717, 1.165) is 36.1 Å². The molecule has 1 aromatic heterocycles. The van der Waals surface area contributed by atoms with Crippen molar-refractivity contribution < 1.29 is 9.47 Å². The molecular weight excluding hydrogens is 481 g/mol. The standard InChI is InChI=1S/C21H33N5O2.HI/c1-7-22-21(23-12-13-28-19-10-8-18(27-6)9-11-19)24-15(2)14-20-16(3)25-26(5)17(20)4;/h8-11,15H,7,12-14H2,1-6H3,(H2,22,23,24);1H. The second-order valence-corrected chi connectivity index (χ2v) is 6.81. The molecule has 1 heterocycles. The largest absolute Gasteiger partial charge is 0.497 e. The number of aromatic nitrogens is 2. The summed E-state index contributed by atoms with van der Waals surface area (Å²) in [6, 6.07) is 7.80. The number of halogens is 1. The van der Waals surface area contributed by atoms with Crippen LogP contribution in [0.2, 0.25) is 0 Å². The molecule has 0 bridgehead atoms. The first-order chi connectivity index (χ1) is 13.4. The topological polar surface area (TPSA) is 72.7 Å². The molecule has 29 heavy (non-hydrogen) atoms. The van der Waals surface area contributed by atoms with E-state index < -0.39 is 0 Å². The minimum absolute atomic E-state index is 0. The number of hydrogen-bond donors (Lipinski definition) is 2. The molecular formula is C21H34IN5O2. The summed E-state index contributed by atoms with van der Waals surface area (Å²) in [5.41, 5.74) is 3.59. The van der Waals surface area contributed by atoms with Crippen molar-refractivity contribution >= 4 is 29.9 Å². The fourth-order valence-electron chi connectivity index (χ4n) is 3.02. The van der Waals surface area contributed by atoms with Gasteiger partial charge in [-0.3, -0.25) is 4.68 Å². The van der Waals surface area contributed by atoms with Gasteiger partial charge in [0.05, 0.1) is 19.3 Å². The highest BCUT2D eigenvalue weighted by molar-refractivity contribution is 14.0. The fourth-order valence-corrected chi connectivity index (χ4v) is 3.02. The molecule has 0 amide bonds. The second-order valence-electron chi connectivity index (χ2n) is 6.81. The van der Waals surface area contributed by atoms with Gasteiger partial charge >= 0.3 is 0 Å². The predicted octanol–water partition coefficient (Wildman–Crippen LogP) is 3.23. The highest BCUT2D eigenvalue weighted by Gasteiger charge is 2.13. The number of aryl methyl sites for hydroxylation is 2. The second kappa shape index (κ2) is 12.6. The van der Waals surface area contributed by atoms with Crippen LogP contribution in [0.4, 0.5) is 0 Å². The first-order valence-electron chi connectivity index (χ1n) is 9.75. The van der Waals surface area contributed by atoms with E-state index in [1.807, 2.05) is 36.0 Å². The van der Waals surface area contributed by atoms with Crippen LogP contribution in [-0.4, -0.2) is 48.6 Å². The minimum Gasteiger partial charge on any atom is -0.497 e. The van der Waals surface area contributed by atoms with Crippen molar-refractivity contribution in [3.05, 3.63) is 41.2 Å². The van der Waals surface area contributed by atoms with Crippen molar-refractivity contribution in [3.63, 3.8) is 0 Å². The summed E-state index contributed by atoms with van der Waals surface area (Å²) in [7, 11) is 3.63. The molecule has 0 spiro atoms. The first kappa shape index (κ1) is 25.1. The number of hydrogen-bond acceptors (Lipinski definition) is 4. The van der Waals surface area contributed by atoms with Gasteiger partial charge in [-0.1, -0.05) is 0 Å². The Bertz CT molecular complexity index is 774. The molecule has 1 atom stereocenters. The zero-order valence-corrected chi connectivity index (χ0v) is 20.6. The van der Waals surface area contributed by atoms with Crippen molar-refractivity contribution in [2.24, 2.45) is 12.0 Å². The molecule has 1 unspecified atom stereocenters. The molecule has 0 saturated heterocycles. The Balaban J connectivity index is 0.00000420. The number of rotatable bonds is 9. The van der Waals surface area contributed by atoms with Crippen LogP contribution in [0.1, 0.15) is 30.8 Å². The molecule has 2 N–H and O–H groups in total. The molecule has 0 aliphatic heterocycles. The minimum atomic E-state index is 0. The van der Waals surface area contributed by atoms with Crippen molar-refractivity contribution in [1.29, 1.82) is 0 Å². The quantitative estimate of drug-likeness (QED) is 0.232. The number of methoxy groups -OCH3 is 1. The average molecular weight is 515 g/mol. The third kappa shape index (κ3) is 7.75. The summed E-state index contributed by atoms with van der Waals surface area (Å²) in [6.07, 6.45) is 0.901. The average Bonchev–Trinajstić information content (AvgIpc) is 2.91. The van der Waals surface area contributed by atoms with Gasteiger partial charge in [-0.2, -0.15) is 5.10 Å². The number of guanidine groups is 1. The highest BCUT2D eigenvalue weighted by Crippen LogP contribution is 2.17. The van der Waals surface area contributed by atoms with Gasteiger partial charge in [-0.15, -0.1) is 24.0 Å². The van der Waals surface area contributed by atoms with Crippen LogP contribution in [-0.2, 0) is 13.5 Å². The highest BCUT2D eigenvalue weighted by atomic mass is 127. The summed E-state index contributed by atoms with van der Waals surface area (Å²) < 4.78 is 12.8. The number of benzene rings is 1. The normalized spacial score (nSPS) is 12.1. The monoisotopic (exact) mass is 515 g/mol. The van der Waals surface area contributed by atoms with Gasteiger partial charge in [0.1, 0.15) is 18.1 Å². The van der Waals surface area contributed by atoms with Crippen LogP contribution in [0.15, 0.2) is 29.3 Å². The Hall–Kier alpha value is -1.97. The Kier molecular flexibility index (Phi) is 10.9. The van der Waals surface area contributed by atoms with E-state index >= 15 is 0 Å². The molecule has 7 nitrogen and oxygen atoms in total. The summed E-state index contributed by atoms with van der Waals surface area (Å²) >= 11 is 0. The van der Waals surface area contributed by atoms with Crippen molar-refractivity contribution in [1.82, 2.24) is 20.4 Å². The van der Waals surface area contributed by atoms with Crippen LogP contribution < -0.4 is 20.1 Å². The van der Waals surface area contributed by atoms with Crippen LogP contribution in [0.3, 0.4) is 0 Å². The summed E-state index contributed by atoms with van der Waals surface area (Å²) in [4.78, 5) is 4.62. The predicted molar refractivity (Wildman–Crippen MR) is 129 cm³/mol. The van der Waals surface area contributed by atoms with Crippen molar-refractivity contribution in [2.75, 3.05) is 26.8 Å². The van der Waals surface area contributed by atoms with E-state index in [-0.39, 0.29) is 30.0 Å². The summed E-state index contributed by atoms with van der Waals surface area (Å²) in [5, 5.41) is 11.3. The SMILES string of the molecule is CCNC(=NCCOc1ccc(OC)cc1)NC(C)Cc1c(C)nn(C)c1C.I. The third-order valence-electron chi connectivity index (χ3n) is 4.59. The van der Waals surface area contributed by atoms with Crippen LogP contribution in [0, 0.1) is 13.8 Å². The molecule has 0 fully saturated rings. The summed E-state index contributed by atoms with van der Waals surface area (Å²) in [5.74, 6) is 2.43. The maximum atomic E-state index is 5.74. The lowest BCUT2D eigenvalue weighted by molar-refractivity contribution is 0.327. The van der Waals surface area contributed by atoms with E-state index in [1.165, 1.54) is 11.3 Å². The van der Waals surface area contributed by atoms with Gasteiger partial charge < -0.3 is 20.1 Å².